The molecule has 1 aliphatic rings. The lowest BCUT2D eigenvalue weighted by Crippen LogP contribution is -2.49. The Morgan fingerprint density at radius 1 is 1.03 bits per heavy atom. The molecule has 2 aromatic carbocycles. The summed E-state index contributed by atoms with van der Waals surface area (Å²) in [5, 5.41) is 4.02. The van der Waals surface area contributed by atoms with Crippen LogP contribution in [0.25, 0.3) is 11.4 Å². The standard InChI is InChI=1S/C23H26N4O3/c1-3-21-24-23(25-30-21)18-6-8-19(9-7-18)26-12-14-27(15-13-26)22(28)16-17-4-10-20(29-2)11-5-17/h4-11H,3,12-16H2,1-2H3. The molecule has 7 heteroatoms. The summed E-state index contributed by atoms with van der Waals surface area (Å²) in [5.41, 5.74) is 3.09. The van der Waals surface area contributed by atoms with Crippen LogP contribution in [0, 0.1) is 0 Å². The van der Waals surface area contributed by atoms with E-state index in [-0.39, 0.29) is 5.91 Å². The first-order valence-corrected chi connectivity index (χ1v) is 10.2. The first-order valence-electron chi connectivity index (χ1n) is 10.2. The predicted molar refractivity (Wildman–Crippen MR) is 115 cm³/mol. The van der Waals surface area contributed by atoms with E-state index in [1.807, 2.05) is 48.2 Å². The number of hydrogen-bond donors (Lipinski definition) is 0. The van der Waals surface area contributed by atoms with Gasteiger partial charge in [-0.2, -0.15) is 4.98 Å². The third-order valence-corrected chi connectivity index (χ3v) is 5.41. The highest BCUT2D eigenvalue weighted by Gasteiger charge is 2.21. The minimum Gasteiger partial charge on any atom is -0.497 e. The highest BCUT2D eigenvalue weighted by atomic mass is 16.5. The van der Waals surface area contributed by atoms with Gasteiger partial charge in [0.1, 0.15) is 5.75 Å². The molecule has 7 nitrogen and oxygen atoms in total. The number of hydrogen-bond acceptors (Lipinski definition) is 6. The van der Waals surface area contributed by atoms with Crippen LogP contribution in [0.4, 0.5) is 5.69 Å². The van der Waals surface area contributed by atoms with E-state index in [2.05, 4.69) is 27.2 Å². The Hall–Kier alpha value is -3.35. The van der Waals surface area contributed by atoms with Crippen molar-refractivity contribution in [1.82, 2.24) is 15.0 Å². The van der Waals surface area contributed by atoms with Gasteiger partial charge in [0.25, 0.3) is 0 Å². The third-order valence-electron chi connectivity index (χ3n) is 5.41. The Labute approximate surface area is 176 Å². The number of piperazine rings is 1. The lowest BCUT2D eigenvalue weighted by atomic mass is 10.1. The summed E-state index contributed by atoms with van der Waals surface area (Å²) < 4.78 is 10.4. The highest BCUT2D eigenvalue weighted by Crippen LogP contribution is 2.22. The van der Waals surface area contributed by atoms with Crippen LogP contribution >= 0.6 is 0 Å². The molecule has 0 aliphatic carbocycles. The van der Waals surface area contributed by atoms with Crippen LogP contribution in [0.15, 0.2) is 53.1 Å². The van der Waals surface area contributed by atoms with E-state index in [0.717, 1.165) is 55.2 Å². The van der Waals surface area contributed by atoms with Gasteiger partial charge in [0.2, 0.25) is 17.6 Å². The van der Waals surface area contributed by atoms with E-state index in [4.69, 9.17) is 9.26 Å². The quantitative estimate of drug-likeness (QED) is 0.626. The second-order valence-electron chi connectivity index (χ2n) is 7.30. The number of anilines is 1. The zero-order valence-electron chi connectivity index (χ0n) is 17.4. The van der Waals surface area contributed by atoms with Crippen molar-refractivity contribution < 1.29 is 14.1 Å². The summed E-state index contributed by atoms with van der Waals surface area (Å²) in [7, 11) is 1.64. The number of benzene rings is 2. The van der Waals surface area contributed by atoms with Crippen molar-refractivity contribution in [2.45, 2.75) is 19.8 Å². The van der Waals surface area contributed by atoms with Crippen LogP contribution in [-0.2, 0) is 17.6 Å². The maximum Gasteiger partial charge on any atom is 0.227 e. The highest BCUT2D eigenvalue weighted by molar-refractivity contribution is 5.79. The average molecular weight is 406 g/mol. The number of amides is 1. The molecule has 4 rings (SSSR count). The molecule has 156 valence electrons. The number of aromatic nitrogens is 2. The van der Waals surface area contributed by atoms with Gasteiger partial charge in [-0.3, -0.25) is 4.79 Å². The number of ether oxygens (including phenoxy) is 1. The molecule has 1 fully saturated rings. The molecule has 0 atom stereocenters. The Bertz CT molecular complexity index is 974. The van der Waals surface area contributed by atoms with E-state index in [9.17, 15) is 4.79 Å². The van der Waals surface area contributed by atoms with Crippen LogP contribution in [0.1, 0.15) is 18.4 Å². The number of carbonyl (C=O) groups is 1. The largest absolute Gasteiger partial charge is 0.497 e. The lowest BCUT2D eigenvalue weighted by Gasteiger charge is -2.36. The summed E-state index contributed by atoms with van der Waals surface area (Å²) >= 11 is 0. The number of methoxy groups -OCH3 is 1. The second-order valence-corrected chi connectivity index (χ2v) is 7.30. The molecule has 0 bridgehead atoms. The second kappa shape index (κ2) is 8.98. The van der Waals surface area contributed by atoms with Crippen molar-refractivity contribution in [3.63, 3.8) is 0 Å². The molecule has 3 aromatic rings. The van der Waals surface area contributed by atoms with E-state index in [0.29, 0.717) is 18.1 Å². The normalized spacial score (nSPS) is 14.1. The molecule has 0 spiro atoms. The maximum atomic E-state index is 12.6. The minimum absolute atomic E-state index is 0.166. The average Bonchev–Trinajstić information content (AvgIpc) is 3.29. The van der Waals surface area contributed by atoms with Crippen LogP contribution in [0.5, 0.6) is 5.75 Å². The fourth-order valence-electron chi connectivity index (χ4n) is 3.58. The number of carbonyl (C=O) groups excluding carboxylic acids is 1. The van der Waals surface area contributed by atoms with E-state index >= 15 is 0 Å². The Morgan fingerprint density at radius 3 is 2.33 bits per heavy atom. The summed E-state index contributed by atoms with van der Waals surface area (Å²) in [5.74, 6) is 2.23. The van der Waals surface area contributed by atoms with Crippen molar-refractivity contribution in [3.05, 3.63) is 60.0 Å². The smallest absolute Gasteiger partial charge is 0.227 e. The molecule has 30 heavy (non-hydrogen) atoms. The first kappa shape index (κ1) is 19.9. The zero-order chi connectivity index (χ0) is 20.9. The van der Waals surface area contributed by atoms with Gasteiger partial charge in [-0.15, -0.1) is 0 Å². The van der Waals surface area contributed by atoms with E-state index in [1.54, 1.807) is 7.11 Å². The first-order chi connectivity index (χ1) is 14.7. The van der Waals surface area contributed by atoms with E-state index < -0.39 is 0 Å². The van der Waals surface area contributed by atoms with Crippen LogP contribution in [-0.4, -0.2) is 54.2 Å². The summed E-state index contributed by atoms with van der Waals surface area (Å²) in [6.45, 7) is 5.07. The van der Waals surface area contributed by atoms with Crippen molar-refractivity contribution in [2.75, 3.05) is 38.2 Å². The van der Waals surface area contributed by atoms with Gasteiger partial charge in [-0.1, -0.05) is 24.2 Å². The van der Waals surface area contributed by atoms with Gasteiger partial charge in [0.05, 0.1) is 13.5 Å². The van der Waals surface area contributed by atoms with Crippen molar-refractivity contribution in [1.29, 1.82) is 0 Å². The summed E-state index contributed by atoms with van der Waals surface area (Å²) in [6, 6.07) is 15.9. The summed E-state index contributed by atoms with van der Waals surface area (Å²) in [4.78, 5) is 21.3. The van der Waals surface area contributed by atoms with Crippen molar-refractivity contribution >= 4 is 11.6 Å². The minimum atomic E-state index is 0.166. The predicted octanol–water partition coefficient (Wildman–Crippen LogP) is 3.20. The molecule has 2 heterocycles. The Balaban J connectivity index is 1.31. The topological polar surface area (TPSA) is 71.7 Å². The molecular weight excluding hydrogens is 380 g/mol. The van der Waals surface area contributed by atoms with Crippen molar-refractivity contribution in [3.8, 4) is 17.1 Å². The molecule has 0 saturated carbocycles. The van der Waals surface area contributed by atoms with Crippen LogP contribution in [0.2, 0.25) is 0 Å². The SMILES string of the molecule is CCc1nc(-c2ccc(N3CCN(C(=O)Cc4ccc(OC)cc4)CC3)cc2)no1. The number of nitrogens with zero attached hydrogens (tertiary/aromatic N) is 4. The van der Waals surface area contributed by atoms with Crippen molar-refractivity contribution in [2.24, 2.45) is 0 Å². The summed E-state index contributed by atoms with van der Waals surface area (Å²) in [6.07, 6.45) is 1.15. The van der Waals surface area contributed by atoms with Gasteiger partial charge in [0, 0.05) is 43.9 Å². The monoisotopic (exact) mass is 406 g/mol. The molecule has 0 radical (unpaired) electrons. The van der Waals surface area contributed by atoms with Gasteiger partial charge in [-0.25, -0.2) is 0 Å². The molecule has 1 aromatic heterocycles. The van der Waals surface area contributed by atoms with Gasteiger partial charge in [0.15, 0.2) is 0 Å². The van der Waals surface area contributed by atoms with Gasteiger partial charge < -0.3 is 19.1 Å². The van der Waals surface area contributed by atoms with Crippen LogP contribution in [0.3, 0.4) is 0 Å². The maximum absolute atomic E-state index is 12.6. The number of rotatable bonds is 6. The Morgan fingerprint density at radius 2 is 1.73 bits per heavy atom. The van der Waals surface area contributed by atoms with Gasteiger partial charge >= 0.3 is 0 Å². The molecule has 0 N–H and O–H groups in total. The fourth-order valence-corrected chi connectivity index (χ4v) is 3.58. The Kier molecular flexibility index (Phi) is 5.97. The molecular formula is C23H26N4O3. The fraction of sp³-hybridized carbons (Fsp3) is 0.348. The van der Waals surface area contributed by atoms with Gasteiger partial charge in [-0.05, 0) is 42.0 Å². The molecule has 1 saturated heterocycles. The molecule has 1 amide bonds. The molecule has 0 unspecified atom stereocenters. The molecule has 1 aliphatic heterocycles. The van der Waals surface area contributed by atoms with Crippen LogP contribution < -0.4 is 9.64 Å². The van der Waals surface area contributed by atoms with E-state index in [1.165, 1.54) is 0 Å². The lowest BCUT2D eigenvalue weighted by molar-refractivity contribution is -0.130. The number of aryl methyl sites for hydroxylation is 1. The third kappa shape index (κ3) is 4.45. The zero-order valence-corrected chi connectivity index (χ0v) is 17.4.